The van der Waals surface area contributed by atoms with Crippen LogP contribution < -0.4 is 0 Å². The molecule has 0 spiro atoms. The lowest BCUT2D eigenvalue weighted by atomic mass is 9.97. The van der Waals surface area contributed by atoms with E-state index >= 15 is 0 Å². The maximum atomic E-state index is 13.1. The van der Waals surface area contributed by atoms with Crippen LogP contribution in [0, 0.1) is 5.82 Å². The zero-order valence-electron chi connectivity index (χ0n) is 13.5. The summed E-state index contributed by atoms with van der Waals surface area (Å²) in [5.41, 5.74) is 0.909. The van der Waals surface area contributed by atoms with Crippen molar-refractivity contribution >= 4 is 36.0 Å². The van der Waals surface area contributed by atoms with E-state index < -0.39 is 20.0 Å². The van der Waals surface area contributed by atoms with Crippen molar-refractivity contribution in [1.29, 1.82) is 0 Å². The molecule has 0 amide bonds. The first-order valence-corrected chi connectivity index (χ1v) is 12.4. The predicted octanol–water partition coefficient (Wildman–Crippen LogP) is 1.35. The Bertz CT molecular complexity index is 816. The summed E-state index contributed by atoms with van der Waals surface area (Å²) in [5, 5.41) is 0.496. The number of alkyl halides is 1. The SMILES string of the molecule is O=S1(=O)CCN(S(=O)(=O)N2C[C@@H](c3ccc(F)cc3)C[C@H]2CBr)CC1. The number of halogens is 2. The van der Waals surface area contributed by atoms with Gasteiger partial charge in [0.2, 0.25) is 0 Å². The highest BCUT2D eigenvalue weighted by Gasteiger charge is 2.43. The van der Waals surface area contributed by atoms with Gasteiger partial charge in [-0.25, -0.2) is 12.8 Å². The zero-order chi connectivity index (χ0) is 18.2. The highest BCUT2D eigenvalue weighted by Crippen LogP contribution is 2.35. The molecule has 2 fully saturated rings. The summed E-state index contributed by atoms with van der Waals surface area (Å²) in [4.78, 5) is 0. The van der Waals surface area contributed by atoms with E-state index in [1.54, 1.807) is 12.1 Å². The average Bonchev–Trinajstić information content (AvgIpc) is 3.00. The molecule has 0 aliphatic carbocycles. The van der Waals surface area contributed by atoms with Crippen LogP contribution in [0.15, 0.2) is 24.3 Å². The maximum absolute atomic E-state index is 13.1. The number of hydrogen-bond donors (Lipinski definition) is 0. The quantitative estimate of drug-likeness (QED) is 0.643. The molecule has 2 aliphatic heterocycles. The first kappa shape index (κ1) is 19.2. The molecule has 10 heteroatoms. The number of sulfone groups is 1. The summed E-state index contributed by atoms with van der Waals surface area (Å²) >= 11 is 3.38. The molecular formula is C15H20BrFN2O4S2. The fourth-order valence-corrected chi connectivity index (χ4v) is 7.44. The van der Waals surface area contributed by atoms with Crippen LogP contribution in [0.1, 0.15) is 17.9 Å². The largest absolute Gasteiger partial charge is 0.282 e. The van der Waals surface area contributed by atoms with E-state index in [4.69, 9.17) is 0 Å². The Morgan fingerprint density at radius 1 is 1.16 bits per heavy atom. The summed E-state index contributed by atoms with van der Waals surface area (Å²) in [6.07, 6.45) is 0.641. The third-order valence-corrected chi connectivity index (χ3v) is 9.22. The van der Waals surface area contributed by atoms with Crippen molar-refractivity contribution in [2.45, 2.75) is 18.4 Å². The Balaban J connectivity index is 1.79. The first-order chi connectivity index (χ1) is 11.7. The molecule has 0 bridgehead atoms. The van der Waals surface area contributed by atoms with Gasteiger partial charge in [-0.1, -0.05) is 28.1 Å². The Labute approximate surface area is 156 Å². The Hall–Kier alpha value is -0.550. The summed E-state index contributed by atoms with van der Waals surface area (Å²) in [5.74, 6) is -0.606. The summed E-state index contributed by atoms with van der Waals surface area (Å²) < 4.78 is 64.9. The van der Waals surface area contributed by atoms with Gasteiger partial charge in [0.25, 0.3) is 10.2 Å². The molecule has 2 aliphatic rings. The van der Waals surface area contributed by atoms with Gasteiger partial charge in [0.15, 0.2) is 9.84 Å². The van der Waals surface area contributed by atoms with Crippen LogP contribution >= 0.6 is 15.9 Å². The van der Waals surface area contributed by atoms with E-state index in [-0.39, 0.29) is 42.4 Å². The second-order valence-electron chi connectivity index (χ2n) is 6.42. The second-order valence-corrected chi connectivity index (χ2v) is 11.3. The number of benzene rings is 1. The molecule has 140 valence electrons. The molecule has 25 heavy (non-hydrogen) atoms. The number of hydrogen-bond acceptors (Lipinski definition) is 4. The van der Waals surface area contributed by atoms with Crippen molar-refractivity contribution in [3.05, 3.63) is 35.6 Å². The van der Waals surface area contributed by atoms with Crippen LogP contribution in [-0.2, 0) is 20.0 Å². The van der Waals surface area contributed by atoms with Crippen LogP contribution in [0.5, 0.6) is 0 Å². The van der Waals surface area contributed by atoms with Crippen molar-refractivity contribution < 1.29 is 21.2 Å². The van der Waals surface area contributed by atoms with Crippen LogP contribution in [0.25, 0.3) is 0 Å². The minimum Gasteiger partial charge on any atom is -0.229 e. The third-order valence-electron chi connectivity index (χ3n) is 4.81. The normalized spacial score (nSPS) is 28.2. The van der Waals surface area contributed by atoms with Crippen LogP contribution in [-0.4, -0.2) is 68.0 Å². The lowest BCUT2D eigenvalue weighted by molar-refractivity contribution is 0.343. The molecular weight excluding hydrogens is 435 g/mol. The van der Waals surface area contributed by atoms with Crippen LogP contribution in [0.3, 0.4) is 0 Å². The van der Waals surface area contributed by atoms with Gasteiger partial charge < -0.3 is 0 Å². The van der Waals surface area contributed by atoms with Crippen molar-refractivity contribution in [3.63, 3.8) is 0 Å². The van der Waals surface area contributed by atoms with Crippen molar-refractivity contribution in [3.8, 4) is 0 Å². The smallest absolute Gasteiger partial charge is 0.229 e. The van der Waals surface area contributed by atoms with Crippen LogP contribution in [0.2, 0.25) is 0 Å². The first-order valence-electron chi connectivity index (χ1n) is 8.02. The molecule has 2 saturated heterocycles. The predicted molar refractivity (Wildman–Crippen MR) is 97.2 cm³/mol. The maximum Gasteiger partial charge on any atom is 0.282 e. The Morgan fingerprint density at radius 3 is 2.32 bits per heavy atom. The standard InChI is InChI=1S/C15H20BrFN2O4S2/c16-10-15-9-13(12-1-3-14(17)4-2-12)11-19(15)25(22,23)18-5-7-24(20,21)8-6-18/h1-4,13,15H,5-11H2/t13-,15-/m0/s1. The monoisotopic (exact) mass is 454 g/mol. The molecule has 0 radical (unpaired) electrons. The summed E-state index contributed by atoms with van der Waals surface area (Å²) in [6.45, 7) is 0.308. The molecule has 1 aromatic carbocycles. The fourth-order valence-electron chi connectivity index (χ4n) is 3.36. The highest BCUT2D eigenvalue weighted by atomic mass is 79.9. The number of rotatable bonds is 4. The summed E-state index contributed by atoms with van der Waals surface area (Å²) in [6, 6.07) is 5.93. The van der Waals surface area contributed by atoms with Crippen molar-refractivity contribution in [2.75, 3.05) is 36.5 Å². The lowest BCUT2D eigenvalue weighted by Crippen LogP contribution is -2.51. The Kier molecular flexibility index (Phi) is 5.55. The molecule has 2 heterocycles. The van der Waals surface area contributed by atoms with E-state index in [9.17, 15) is 21.2 Å². The van der Waals surface area contributed by atoms with E-state index in [1.807, 2.05) is 0 Å². The zero-order valence-corrected chi connectivity index (χ0v) is 16.7. The molecule has 6 nitrogen and oxygen atoms in total. The highest BCUT2D eigenvalue weighted by molar-refractivity contribution is 9.09. The molecule has 0 N–H and O–H groups in total. The van der Waals surface area contributed by atoms with Gasteiger partial charge in [-0.15, -0.1) is 0 Å². The van der Waals surface area contributed by atoms with Gasteiger partial charge in [-0.3, -0.25) is 0 Å². The van der Waals surface area contributed by atoms with E-state index in [2.05, 4.69) is 15.9 Å². The van der Waals surface area contributed by atoms with Gasteiger partial charge in [0, 0.05) is 31.0 Å². The molecule has 1 aromatic rings. The molecule has 0 unspecified atom stereocenters. The third kappa shape index (κ3) is 4.08. The minimum absolute atomic E-state index is 0.00259. The lowest BCUT2D eigenvalue weighted by Gasteiger charge is -2.32. The fraction of sp³-hybridized carbons (Fsp3) is 0.600. The molecule has 2 atom stereocenters. The molecule has 0 aromatic heterocycles. The van der Waals surface area contributed by atoms with Gasteiger partial charge in [-0.2, -0.15) is 17.0 Å². The Morgan fingerprint density at radius 2 is 1.76 bits per heavy atom. The van der Waals surface area contributed by atoms with Gasteiger partial charge in [0.05, 0.1) is 11.5 Å². The van der Waals surface area contributed by atoms with E-state index in [0.717, 1.165) is 5.56 Å². The second kappa shape index (κ2) is 7.22. The number of nitrogens with zero attached hydrogens (tertiary/aromatic N) is 2. The topological polar surface area (TPSA) is 74.8 Å². The van der Waals surface area contributed by atoms with Gasteiger partial charge >= 0.3 is 0 Å². The van der Waals surface area contributed by atoms with E-state index in [0.29, 0.717) is 18.3 Å². The van der Waals surface area contributed by atoms with Crippen molar-refractivity contribution in [1.82, 2.24) is 8.61 Å². The van der Waals surface area contributed by atoms with Gasteiger partial charge in [-0.05, 0) is 30.0 Å². The average molecular weight is 455 g/mol. The van der Waals surface area contributed by atoms with Crippen molar-refractivity contribution in [2.24, 2.45) is 0 Å². The molecule has 0 saturated carbocycles. The molecule has 3 rings (SSSR count). The van der Waals surface area contributed by atoms with Gasteiger partial charge in [0.1, 0.15) is 5.82 Å². The van der Waals surface area contributed by atoms with Crippen LogP contribution in [0.4, 0.5) is 4.39 Å². The van der Waals surface area contributed by atoms with E-state index in [1.165, 1.54) is 20.7 Å². The minimum atomic E-state index is -3.72. The summed E-state index contributed by atoms with van der Waals surface area (Å²) in [7, 11) is -6.87.